The van der Waals surface area contributed by atoms with Crippen molar-refractivity contribution in [2.45, 2.75) is 0 Å². The summed E-state index contributed by atoms with van der Waals surface area (Å²) in [4.78, 5) is 16.7. The van der Waals surface area contributed by atoms with E-state index in [1.54, 1.807) is 12.1 Å². The molecule has 0 saturated carbocycles. The van der Waals surface area contributed by atoms with E-state index in [-0.39, 0.29) is 5.91 Å². The molecule has 7 heteroatoms. The lowest BCUT2D eigenvalue weighted by molar-refractivity contribution is -0.117. The van der Waals surface area contributed by atoms with E-state index in [9.17, 15) is 4.79 Å². The summed E-state index contributed by atoms with van der Waals surface area (Å²) in [6.45, 7) is 3.80. The standard InChI is InChI=1S/C18H18BrCl2N3O/c19-13-1-6-17(16(21)11-13)22-18(25)12-23-7-9-24(10-8-23)15-4-2-14(20)3-5-15/h1-6,11H,7-10,12H2,(H,22,25). The molecule has 25 heavy (non-hydrogen) atoms. The maximum absolute atomic E-state index is 12.3. The predicted molar refractivity (Wildman–Crippen MR) is 108 cm³/mol. The minimum atomic E-state index is -0.0517. The Morgan fingerprint density at radius 3 is 2.36 bits per heavy atom. The zero-order valence-corrected chi connectivity index (χ0v) is 16.6. The first-order valence-electron chi connectivity index (χ1n) is 7.99. The second kappa shape index (κ2) is 8.41. The van der Waals surface area contributed by atoms with Gasteiger partial charge in [-0.05, 0) is 42.5 Å². The van der Waals surface area contributed by atoms with Crippen molar-refractivity contribution in [1.82, 2.24) is 4.90 Å². The highest BCUT2D eigenvalue weighted by Gasteiger charge is 2.19. The van der Waals surface area contributed by atoms with Crippen molar-refractivity contribution in [2.24, 2.45) is 0 Å². The fourth-order valence-corrected chi connectivity index (χ4v) is 3.65. The van der Waals surface area contributed by atoms with Gasteiger partial charge in [-0.2, -0.15) is 0 Å². The Morgan fingerprint density at radius 1 is 1.04 bits per heavy atom. The highest BCUT2D eigenvalue weighted by atomic mass is 79.9. The second-order valence-corrected chi connectivity index (χ2v) is 7.67. The number of hydrogen-bond acceptors (Lipinski definition) is 3. The third-order valence-corrected chi connectivity index (χ3v) is 5.19. The molecule has 0 radical (unpaired) electrons. The third kappa shape index (κ3) is 5.11. The number of amides is 1. The summed E-state index contributed by atoms with van der Waals surface area (Å²) in [7, 11) is 0. The minimum Gasteiger partial charge on any atom is -0.369 e. The largest absolute Gasteiger partial charge is 0.369 e. The highest BCUT2D eigenvalue weighted by Crippen LogP contribution is 2.25. The normalized spacial score (nSPS) is 15.2. The van der Waals surface area contributed by atoms with Crippen molar-refractivity contribution in [2.75, 3.05) is 42.9 Å². The number of halogens is 3. The summed E-state index contributed by atoms with van der Waals surface area (Å²) in [5.41, 5.74) is 1.80. The van der Waals surface area contributed by atoms with E-state index in [1.165, 1.54) is 0 Å². The molecule has 3 rings (SSSR count). The van der Waals surface area contributed by atoms with Gasteiger partial charge in [-0.15, -0.1) is 0 Å². The van der Waals surface area contributed by atoms with Crippen molar-refractivity contribution in [3.63, 3.8) is 0 Å². The number of anilines is 2. The number of carbonyl (C=O) groups excluding carboxylic acids is 1. The molecule has 1 aliphatic rings. The highest BCUT2D eigenvalue weighted by molar-refractivity contribution is 9.10. The van der Waals surface area contributed by atoms with E-state index in [0.29, 0.717) is 17.3 Å². The Bertz CT molecular complexity index is 746. The first-order valence-corrected chi connectivity index (χ1v) is 9.54. The fraction of sp³-hybridized carbons (Fsp3) is 0.278. The summed E-state index contributed by atoms with van der Waals surface area (Å²) >= 11 is 15.4. The lowest BCUT2D eigenvalue weighted by Crippen LogP contribution is -2.48. The van der Waals surface area contributed by atoms with Crippen LogP contribution in [-0.4, -0.2) is 43.5 Å². The SMILES string of the molecule is O=C(CN1CCN(c2ccc(Cl)cc2)CC1)Nc1ccc(Br)cc1Cl. The van der Waals surface area contributed by atoms with Crippen molar-refractivity contribution < 1.29 is 4.79 Å². The molecule has 0 spiro atoms. The maximum atomic E-state index is 12.3. The lowest BCUT2D eigenvalue weighted by atomic mass is 10.2. The van der Waals surface area contributed by atoms with E-state index < -0.39 is 0 Å². The molecule has 4 nitrogen and oxygen atoms in total. The molecule has 1 N–H and O–H groups in total. The predicted octanol–water partition coefficient (Wildman–Crippen LogP) is 4.52. The van der Waals surface area contributed by atoms with Gasteiger partial charge in [0, 0.05) is 41.4 Å². The van der Waals surface area contributed by atoms with Gasteiger partial charge in [0.25, 0.3) is 0 Å². The van der Waals surface area contributed by atoms with Crippen LogP contribution < -0.4 is 10.2 Å². The number of rotatable bonds is 4. The van der Waals surface area contributed by atoms with E-state index >= 15 is 0 Å². The van der Waals surface area contributed by atoms with Crippen molar-refractivity contribution in [3.05, 3.63) is 57.0 Å². The number of carbonyl (C=O) groups is 1. The van der Waals surface area contributed by atoms with Crippen LogP contribution >= 0.6 is 39.1 Å². The topological polar surface area (TPSA) is 35.6 Å². The van der Waals surface area contributed by atoms with Gasteiger partial charge in [0.15, 0.2) is 0 Å². The quantitative estimate of drug-likeness (QED) is 0.756. The summed E-state index contributed by atoms with van der Waals surface area (Å²) in [5, 5.41) is 4.14. The van der Waals surface area contributed by atoms with Gasteiger partial charge in [0.2, 0.25) is 5.91 Å². The molecule has 1 aliphatic heterocycles. The van der Waals surface area contributed by atoms with Crippen molar-refractivity contribution in [3.8, 4) is 0 Å². The Labute approximate surface area is 165 Å². The molecule has 132 valence electrons. The molecule has 0 atom stereocenters. The van der Waals surface area contributed by atoms with E-state index in [2.05, 4.69) is 31.0 Å². The molecular weight excluding hydrogens is 425 g/mol. The molecular formula is C18H18BrCl2N3O. The Kier molecular flexibility index (Phi) is 6.23. The maximum Gasteiger partial charge on any atom is 0.238 e. The Hall–Kier alpha value is -1.27. The van der Waals surface area contributed by atoms with Crippen LogP contribution in [-0.2, 0) is 4.79 Å². The second-order valence-electron chi connectivity index (χ2n) is 5.91. The number of piperazine rings is 1. The average molecular weight is 443 g/mol. The number of hydrogen-bond donors (Lipinski definition) is 1. The number of nitrogens with zero attached hydrogens (tertiary/aromatic N) is 2. The van der Waals surface area contributed by atoms with Crippen molar-refractivity contribution >= 4 is 56.4 Å². The smallest absolute Gasteiger partial charge is 0.238 e. The van der Waals surface area contributed by atoms with Gasteiger partial charge in [0.1, 0.15) is 0 Å². The fourth-order valence-electron chi connectivity index (χ4n) is 2.80. The number of nitrogens with one attached hydrogen (secondary N) is 1. The molecule has 2 aromatic rings. The minimum absolute atomic E-state index is 0.0517. The monoisotopic (exact) mass is 441 g/mol. The van der Waals surface area contributed by atoms with E-state index in [0.717, 1.165) is 41.4 Å². The summed E-state index contributed by atoms with van der Waals surface area (Å²) < 4.78 is 0.883. The van der Waals surface area contributed by atoms with Gasteiger partial charge in [-0.3, -0.25) is 9.69 Å². The molecule has 0 aliphatic carbocycles. The summed E-state index contributed by atoms with van der Waals surface area (Å²) in [6.07, 6.45) is 0. The molecule has 0 aromatic heterocycles. The molecule has 1 saturated heterocycles. The zero-order chi connectivity index (χ0) is 17.8. The molecule has 1 heterocycles. The molecule has 1 amide bonds. The Balaban J connectivity index is 1.50. The summed E-state index contributed by atoms with van der Waals surface area (Å²) in [6, 6.07) is 13.3. The van der Waals surface area contributed by atoms with Crippen LogP contribution in [0.15, 0.2) is 46.9 Å². The van der Waals surface area contributed by atoms with Crippen LogP contribution in [0.2, 0.25) is 10.0 Å². The molecule has 1 fully saturated rings. The van der Waals surface area contributed by atoms with Gasteiger partial charge in [-0.1, -0.05) is 39.1 Å². The van der Waals surface area contributed by atoms with Crippen LogP contribution in [0.1, 0.15) is 0 Å². The van der Waals surface area contributed by atoms with E-state index in [1.807, 2.05) is 30.3 Å². The van der Waals surface area contributed by atoms with Crippen molar-refractivity contribution in [1.29, 1.82) is 0 Å². The van der Waals surface area contributed by atoms with Gasteiger partial charge in [-0.25, -0.2) is 0 Å². The lowest BCUT2D eigenvalue weighted by Gasteiger charge is -2.35. The van der Waals surface area contributed by atoms with Crippen LogP contribution in [0, 0.1) is 0 Å². The molecule has 0 bridgehead atoms. The Morgan fingerprint density at radius 2 is 1.72 bits per heavy atom. The third-order valence-electron chi connectivity index (χ3n) is 4.14. The van der Waals surface area contributed by atoms with Gasteiger partial charge >= 0.3 is 0 Å². The van der Waals surface area contributed by atoms with Crippen LogP contribution in [0.25, 0.3) is 0 Å². The van der Waals surface area contributed by atoms with Gasteiger partial charge < -0.3 is 10.2 Å². The zero-order valence-electron chi connectivity index (χ0n) is 13.5. The summed E-state index contributed by atoms with van der Waals surface area (Å²) in [5.74, 6) is -0.0517. The van der Waals surface area contributed by atoms with Crippen LogP contribution in [0.5, 0.6) is 0 Å². The van der Waals surface area contributed by atoms with Gasteiger partial charge in [0.05, 0.1) is 17.3 Å². The molecule has 0 unspecified atom stereocenters. The van der Waals surface area contributed by atoms with E-state index in [4.69, 9.17) is 23.2 Å². The first kappa shape index (κ1) is 18.5. The number of benzene rings is 2. The molecule has 2 aromatic carbocycles. The first-order chi connectivity index (χ1) is 12.0. The average Bonchev–Trinajstić information content (AvgIpc) is 2.59. The van der Waals surface area contributed by atoms with Crippen LogP contribution in [0.4, 0.5) is 11.4 Å². The van der Waals surface area contributed by atoms with Crippen LogP contribution in [0.3, 0.4) is 0 Å².